The molecular formula is C26H36FN5O4. The van der Waals surface area contributed by atoms with Crippen molar-refractivity contribution in [2.75, 3.05) is 31.1 Å². The van der Waals surface area contributed by atoms with E-state index in [2.05, 4.69) is 9.97 Å². The number of carbonyl (C=O) groups is 2. The number of halogens is 1. The molecule has 0 unspecified atom stereocenters. The van der Waals surface area contributed by atoms with Gasteiger partial charge in [-0.3, -0.25) is 4.79 Å². The Morgan fingerprint density at radius 2 is 1.67 bits per heavy atom. The zero-order valence-electron chi connectivity index (χ0n) is 22.1. The highest BCUT2D eigenvalue weighted by atomic mass is 19.1. The summed E-state index contributed by atoms with van der Waals surface area (Å²) in [5.41, 5.74) is -0.436. The first kappa shape index (κ1) is 27.2. The van der Waals surface area contributed by atoms with Gasteiger partial charge in [0.2, 0.25) is 0 Å². The van der Waals surface area contributed by atoms with E-state index in [1.165, 1.54) is 30.7 Å². The molecule has 9 nitrogen and oxygen atoms in total. The van der Waals surface area contributed by atoms with E-state index in [1.807, 2.05) is 53.4 Å². The molecule has 1 aliphatic heterocycles. The lowest BCUT2D eigenvalue weighted by Gasteiger charge is -2.36. The van der Waals surface area contributed by atoms with E-state index >= 15 is 0 Å². The van der Waals surface area contributed by atoms with Gasteiger partial charge in [0, 0.05) is 38.3 Å². The molecule has 2 aromatic rings. The molecule has 10 heteroatoms. The van der Waals surface area contributed by atoms with Crippen molar-refractivity contribution in [2.45, 2.75) is 66.2 Å². The fraction of sp³-hybridized carbons (Fsp3) is 0.538. The van der Waals surface area contributed by atoms with Gasteiger partial charge in [0.05, 0.1) is 11.8 Å². The highest BCUT2D eigenvalue weighted by Gasteiger charge is 2.29. The molecule has 196 valence electrons. The van der Waals surface area contributed by atoms with Crippen molar-refractivity contribution in [3.63, 3.8) is 0 Å². The molecule has 0 aliphatic carbocycles. The highest BCUT2D eigenvalue weighted by Crippen LogP contribution is 2.33. The SMILES string of the molecule is CC(C)N(C(=O)c1cc(F)ccc1Oc1cncnc1N1CCN(C(=O)OC(C)(C)C)CC1)C(C)C. The molecule has 0 N–H and O–H groups in total. The van der Waals surface area contributed by atoms with E-state index in [0.29, 0.717) is 37.7 Å². The Morgan fingerprint density at radius 3 is 2.25 bits per heavy atom. The van der Waals surface area contributed by atoms with Gasteiger partial charge in [-0.2, -0.15) is 0 Å². The van der Waals surface area contributed by atoms with Gasteiger partial charge in [-0.25, -0.2) is 19.2 Å². The fourth-order valence-electron chi connectivity index (χ4n) is 4.13. The lowest BCUT2D eigenvalue weighted by Crippen LogP contribution is -2.50. The Labute approximate surface area is 212 Å². The predicted molar refractivity (Wildman–Crippen MR) is 135 cm³/mol. The quantitative estimate of drug-likeness (QED) is 0.566. The molecule has 36 heavy (non-hydrogen) atoms. The third-order valence-electron chi connectivity index (χ3n) is 5.63. The van der Waals surface area contributed by atoms with Crippen molar-refractivity contribution in [1.82, 2.24) is 19.8 Å². The lowest BCUT2D eigenvalue weighted by atomic mass is 10.1. The van der Waals surface area contributed by atoms with Crippen LogP contribution in [0.15, 0.2) is 30.7 Å². The number of piperazine rings is 1. The van der Waals surface area contributed by atoms with Gasteiger partial charge < -0.3 is 24.2 Å². The summed E-state index contributed by atoms with van der Waals surface area (Å²) in [6, 6.07) is 3.73. The maximum Gasteiger partial charge on any atom is 0.410 e. The van der Waals surface area contributed by atoms with Crippen LogP contribution in [0, 0.1) is 5.82 Å². The first-order valence-electron chi connectivity index (χ1n) is 12.2. The minimum atomic E-state index is -0.563. The second-order valence-corrected chi connectivity index (χ2v) is 10.3. The molecule has 0 spiro atoms. The van der Waals surface area contributed by atoms with Crippen LogP contribution in [-0.2, 0) is 4.74 Å². The summed E-state index contributed by atoms with van der Waals surface area (Å²) >= 11 is 0. The summed E-state index contributed by atoms with van der Waals surface area (Å²) < 4.78 is 25.8. The molecule has 0 atom stereocenters. The van der Waals surface area contributed by atoms with Crippen molar-refractivity contribution in [3.05, 3.63) is 42.1 Å². The Morgan fingerprint density at radius 1 is 1.03 bits per heavy atom. The summed E-state index contributed by atoms with van der Waals surface area (Å²) in [7, 11) is 0. The molecular weight excluding hydrogens is 465 g/mol. The van der Waals surface area contributed by atoms with Gasteiger partial charge in [0.1, 0.15) is 23.5 Å². The van der Waals surface area contributed by atoms with Crippen LogP contribution in [0.1, 0.15) is 58.8 Å². The zero-order chi connectivity index (χ0) is 26.6. The van der Waals surface area contributed by atoms with Gasteiger partial charge in [0.15, 0.2) is 11.6 Å². The number of ether oxygens (including phenoxy) is 2. The van der Waals surface area contributed by atoms with E-state index in [0.717, 1.165) is 0 Å². The van der Waals surface area contributed by atoms with Crippen LogP contribution in [0.2, 0.25) is 0 Å². The van der Waals surface area contributed by atoms with E-state index < -0.39 is 11.4 Å². The van der Waals surface area contributed by atoms with Crippen LogP contribution < -0.4 is 9.64 Å². The van der Waals surface area contributed by atoms with Gasteiger partial charge >= 0.3 is 6.09 Å². The average Bonchev–Trinajstić information content (AvgIpc) is 2.79. The van der Waals surface area contributed by atoms with Crippen LogP contribution in [0.4, 0.5) is 15.0 Å². The molecule has 2 heterocycles. The molecule has 1 aromatic carbocycles. The molecule has 1 saturated heterocycles. The smallest absolute Gasteiger partial charge is 0.410 e. The molecule has 1 aromatic heterocycles. The number of anilines is 1. The third-order valence-corrected chi connectivity index (χ3v) is 5.63. The molecule has 0 saturated carbocycles. The second kappa shape index (κ2) is 11.1. The molecule has 3 rings (SSSR count). The first-order chi connectivity index (χ1) is 16.9. The van der Waals surface area contributed by atoms with Crippen LogP contribution >= 0.6 is 0 Å². The molecule has 1 fully saturated rings. The van der Waals surface area contributed by atoms with Gasteiger partial charge in [-0.05, 0) is 66.7 Å². The minimum absolute atomic E-state index is 0.0782. The monoisotopic (exact) mass is 501 g/mol. The highest BCUT2D eigenvalue weighted by molar-refractivity contribution is 5.97. The normalized spacial score (nSPS) is 14.3. The number of hydrogen-bond donors (Lipinski definition) is 0. The van der Waals surface area contributed by atoms with E-state index in [4.69, 9.17) is 9.47 Å². The number of carbonyl (C=O) groups excluding carboxylic acids is 2. The van der Waals surface area contributed by atoms with Crippen LogP contribution in [0.5, 0.6) is 11.5 Å². The van der Waals surface area contributed by atoms with Crippen molar-refractivity contribution >= 4 is 17.8 Å². The predicted octanol–water partition coefficient (Wildman–Crippen LogP) is 4.72. The van der Waals surface area contributed by atoms with Crippen LogP contribution in [-0.4, -0.2) is 75.6 Å². The van der Waals surface area contributed by atoms with Crippen LogP contribution in [0.25, 0.3) is 0 Å². The van der Waals surface area contributed by atoms with E-state index in [-0.39, 0.29) is 35.4 Å². The Bertz CT molecular complexity index is 1070. The van der Waals surface area contributed by atoms with Gasteiger partial charge in [-0.1, -0.05) is 0 Å². The standard InChI is InChI=1S/C26H36FN5O4/c1-17(2)32(18(3)4)24(33)20-14-19(27)8-9-21(20)35-22-15-28-16-29-23(22)30-10-12-31(13-11-30)25(34)36-26(5,6)7/h8-9,14-18H,10-13H2,1-7H3. The van der Waals surface area contributed by atoms with Crippen LogP contribution in [0.3, 0.4) is 0 Å². The summed E-state index contributed by atoms with van der Waals surface area (Å²) in [5.74, 6) is 0.238. The maximum atomic E-state index is 14.2. The zero-order valence-corrected chi connectivity index (χ0v) is 22.1. The first-order valence-corrected chi connectivity index (χ1v) is 12.2. The molecule has 2 amide bonds. The van der Waals surface area contributed by atoms with Crippen molar-refractivity contribution in [1.29, 1.82) is 0 Å². The molecule has 1 aliphatic rings. The average molecular weight is 502 g/mol. The van der Waals surface area contributed by atoms with Gasteiger partial charge in [0.25, 0.3) is 5.91 Å². The topological polar surface area (TPSA) is 88.1 Å². The van der Waals surface area contributed by atoms with Gasteiger partial charge in [-0.15, -0.1) is 0 Å². The number of benzene rings is 1. The number of nitrogens with zero attached hydrogens (tertiary/aromatic N) is 5. The van der Waals surface area contributed by atoms with E-state index in [9.17, 15) is 14.0 Å². The van der Waals surface area contributed by atoms with Crippen molar-refractivity contribution in [2.24, 2.45) is 0 Å². The van der Waals surface area contributed by atoms with Crippen molar-refractivity contribution < 1.29 is 23.5 Å². The lowest BCUT2D eigenvalue weighted by molar-refractivity contribution is 0.0240. The second-order valence-electron chi connectivity index (χ2n) is 10.3. The number of amides is 2. The summed E-state index contributed by atoms with van der Waals surface area (Å²) in [6.07, 6.45) is 2.58. The minimum Gasteiger partial charge on any atom is -0.451 e. The summed E-state index contributed by atoms with van der Waals surface area (Å²) in [6.45, 7) is 15.1. The maximum absolute atomic E-state index is 14.2. The fourth-order valence-corrected chi connectivity index (χ4v) is 4.13. The Hall–Kier alpha value is -3.43. The number of aromatic nitrogens is 2. The van der Waals surface area contributed by atoms with Crippen molar-refractivity contribution in [3.8, 4) is 11.5 Å². The number of hydrogen-bond acceptors (Lipinski definition) is 7. The Kier molecular flexibility index (Phi) is 8.37. The third kappa shape index (κ3) is 6.61. The Balaban J connectivity index is 1.82. The molecule has 0 bridgehead atoms. The number of rotatable bonds is 6. The molecule has 0 radical (unpaired) electrons. The summed E-state index contributed by atoms with van der Waals surface area (Å²) in [5, 5.41) is 0. The summed E-state index contributed by atoms with van der Waals surface area (Å²) in [4.78, 5) is 39.6. The van der Waals surface area contributed by atoms with E-state index in [1.54, 1.807) is 9.80 Å². The largest absolute Gasteiger partial charge is 0.451 e.